The number of carbonyl (C=O) groups is 1. The molecule has 2 aromatic rings. The van der Waals surface area contributed by atoms with Gasteiger partial charge in [-0.2, -0.15) is 0 Å². The lowest BCUT2D eigenvalue weighted by Crippen LogP contribution is -2.41. The molecule has 7 heteroatoms. The third-order valence-electron chi connectivity index (χ3n) is 4.37. The van der Waals surface area contributed by atoms with E-state index in [0.717, 1.165) is 0 Å². The molecule has 1 aliphatic heterocycles. The number of amides is 1. The zero-order valence-electron chi connectivity index (χ0n) is 15.5. The average molecular weight is 417 g/mol. The van der Waals surface area contributed by atoms with E-state index in [0.29, 0.717) is 40.4 Å². The number of hydrogen-bond acceptors (Lipinski definition) is 3. The topological polar surface area (TPSA) is 66.5 Å². The van der Waals surface area contributed by atoms with Crippen LogP contribution >= 0.6 is 11.6 Å². The van der Waals surface area contributed by atoms with Gasteiger partial charge in [0, 0.05) is 22.7 Å². The van der Waals surface area contributed by atoms with E-state index in [-0.39, 0.29) is 11.4 Å². The van der Waals surface area contributed by atoms with Crippen LogP contribution in [-0.2, 0) is 14.8 Å². The van der Waals surface area contributed by atoms with E-state index < -0.39 is 15.9 Å². The Balaban J connectivity index is 2.39. The van der Waals surface area contributed by atoms with Crippen LogP contribution in [0.15, 0.2) is 66.1 Å². The van der Waals surface area contributed by atoms with E-state index in [1.54, 1.807) is 42.5 Å². The minimum atomic E-state index is -4.09. The van der Waals surface area contributed by atoms with Gasteiger partial charge >= 0.3 is 0 Å². The number of sulfonamides is 1. The molecule has 0 saturated carbocycles. The first-order chi connectivity index (χ1) is 13.4. The molecule has 0 bridgehead atoms. The zero-order chi connectivity index (χ0) is 20.3. The zero-order valence-corrected chi connectivity index (χ0v) is 17.1. The number of anilines is 1. The molecular formula is C21H21ClN2O3S. The van der Waals surface area contributed by atoms with Gasteiger partial charge in [-0.25, -0.2) is 8.42 Å². The summed E-state index contributed by atoms with van der Waals surface area (Å²) in [7, 11) is -4.09. The molecule has 0 radical (unpaired) electrons. The van der Waals surface area contributed by atoms with Gasteiger partial charge in [-0.05, 0) is 30.2 Å². The van der Waals surface area contributed by atoms with Gasteiger partial charge < -0.3 is 5.32 Å². The van der Waals surface area contributed by atoms with Crippen LogP contribution in [0.3, 0.4) is 0 Å². The lowest BCUT2D eigenvalue weighted by molar-refractivity contribution is -0.116. The molecule has 0 aliphatic carbocycles. The Morgan fingerprint density at radius 3 is 2.57 bits per heavy atom. The van der Waals surface area contributed by atoms with E-state index in [1.165, 1.54) is 10.4 Å². The van der Waals surface area contributed by atoms with E-state index in [1.807, 2.05) is 13.0 Å². The number of nitrogens with zero attached hydrogens (tertiary/aromatic N) is 1. The van der Waals surface area contributed by atoms with E-state index in [2.05, 4.69) is 11.9 Å². The van der Waals surface area contributed by atoms with Crippen LogP contribution < -0.4 is 9.62 Å². The molecule has 0 unspecified atom stereocenters. The van der Waals surface area contributed by atoms with Crippen LogP contribution in [0.1, 0.15) is 24.5 Å². The van der Waals surface area contributed by atoms with Gasteiger partial charge in [-0.1, -0.05) is 54.9 Å². The Hall–Kier alpha value is -2.57. The minimum absolute atomic E-state index is 0.0452. The first kappa shape index (κ1) is 20.2. The summed E-state index contributed by atoms with van der Waals surface area (Å²) in [5.74, 6) is -0.625. The van der Waals surface area contributed by atoms with Crippen molar-refractivity contribution < 1.29 is 13.2 Å². The SMILES string of the molecule is C=CCN1c2ccc(Cl)cc2C(c2ccccc2)=C(C(=O)NCCC)S1(=O)=O. The number of benzene rings is 2. The summed E-state index contributed by atoms with van der Waals surface area (Å²) in [5.41, 5.74) is 2.05. The molecule has 1 heterocycles. The number of halogens is 1. The Morgan fingerprint density at radius 2 is 1.93 bits per heavy atom. The van der Waals surface area contributed by atoms with Crippen molar-refractivity contribution in [2.24, 2.45) is 0 Å². The van der Waals surface area contributed by atoms with Crippen molar-refractivity contribution in [1.82, 2.24) is 5.32 Å². The second-order valence-electron chi connectivity index (χ2n) is 6.31. The first-order valence-corrected chi connectivity index (χ1v) is 10.7. The maximum atomic E-state index is 13.5. The van der Waals surface area contributed by atoms with E-state index in [4.69, 9.17) is 11.6 Å². The lowest BCUT2D eigenvalue weighted by Gasteiger charge is -2.33. The van der Waals surface area contributed by atoms with Gasteiger partial charge in [0.1, 0.15) is 0 Å². The predicted octanol–water partition coefficient (Wildman–Crippen LogP) is 3.96. The number of fused-ring (bicyclic) bond motifs is 1. The van der Waals surface area contributed by atoms with Gasteiger partial charge in [-0.3, -0.25) is 9.10 Å². The van der Waals surface area contributed by atoms with Crippen LogP contribution in [0, 0.1) is 0 Å². The molecule has 5 nitrogen and oxygen atoms in total. The van der Waals surface area contributed by atoms with Gasteiger partial charge in [0.2, 0.25) is 0 Å². The van der Waals surface area contributed by atoms with Crippen LogP contribution in [0.5, 0.6) is 0 Å². The summed E-state index contributed by atoms with van der Waals surface area (Å²) in [5, 5.41) is 3.16. The Labute approximate surface area is 170 Å². The summed E-state index contributed by atoms with van der Waals surface area (Å²) in [6.07, 6.45) is 2.18. The molecule has 1 aliphatic rings. The molecule has 0 fully saturated rings. The molecule has 146 valence electrons. The van der Waals surface area contributed by atoms with Gasteiger partial charge in [-0.15, -0.1) is 6.58 Å². The number of nitrogens with one attached hydrogen (secondary N) is 1. The fourth-order valence-corrected chi connectivity index (χ4v) is 5.08. The highest BCUT2D eigenvalue weighted by molar-refractivity contribution is 7.97. The first-order valence-electron chi connectivity index (χ1n) is 8.93. The second kappa shape index (κ2) is 8.20. The largest absolute Gasteiger partial charge is 0.351 e. The van der Waals surface area contributed by atoms with Crippen molar-refractivity contribution in [3.05, 3.63) is 82.2 Å². The van der Waals surface area contributed by atoms with Crippen molar-refractivity contribution in [2.45, 2.75) is 13.3 Å². The number of rotatable bonds is 6. The summed E-state index contributed by atoms with van der Waals surface area (Å²) in [4.78, 5) is 12.7. The van der Waals surface area contributed by atoms with Crippen molar-refractivity contribution in [2.75, 3.05) is 17.4 Å². The molecule has 1 N–H and O–H groups in total. The number of carbonyl (C=O) groups excluding carboxylic acids is 1. The van der Waals surface area contributed by atoms with Crippen LogP contribution in [0.4, 0.5) is 5.69 Å². The van der Waals surface area contributed by atoms with Gasteiger partial charge in [0.25, 0.3) is 15.9 Å². The normalized spacial score (nSPS) is 15.1. The van der Waals surface area contributed by atoms with Crippen LogP contribution in [0.25, 0.3) is 5.57 Å². The summed E-state index contributed by atoms with van der Waals surface area (Å²) >= 11 is 6.22. The maximum Gasteiger partial charge on any atom is 0.270 e. The van der Waals surface area contributed by atoms with E-state index in [9.17, 15) is 13.2 Å². The van der Waals surface area contributed by atoms with Crippen molar-refractivity contribution in [3.63, 3.8) is 0 Å². The molecule has 0 spiro atoms. The third kappa shape index (κ3) is 3.57. The average Bonchev–Trinajstić information content (AvgIpc) is 2.68. The van der Waals surface area contributed by atoms with E-state index >= 15 is 0 Å². The molecule has 0 atom stereocenters. The minimum Gasteiger partial charge on any atom is -0.351 e. The monoisotopic (exact) mass is 416 g/mol. The Bertz CT molecular complexity index is 1050. The fourth-order valence-electron chi connectivity index (χ4n) is 3.17. The lowest BCUT2D eigenvalue weighted by atomic mass is 9.95. The highest BCUT2D eigenvalue weighted by atomic mass is 35.5. The fraction of sp³-hybridized carbons (Fsp3) is 0.190. The highest BCUT2D eigenvalue weighted by Crippen LogP contribution is 2.43. The molecule has 0 saturated heterocycles. The summed E-state index contributed by atoms with van der Waals surface area (Å²) < 4.78 is 28.1. The molecule has 0 aromatic heterocycles. The molecular weight excluding hydrogens is 396 g/mol. The van der Waals surface area contributed by atoms with Crippen LogP contribution in [0.2, 0.25) is 5.02 Å². The third-order valence-corrected chi connectivity index (χ3v) is 6.44. The van der Waals surface area contributed by atoms with Crippen molar-refractivity contribution in [3.8, 4) is 0 Å². The molecule has 28 heavy (non-hydrogen) atoms. The summed E-state index contributed by atoms with van der Waals surface area (Å²) in [6.45, 7) is 5.99. The van der Waals surface area contributed by atoms with Crippen molar-refractivity contribution >= 4 is 38.8 Å². The van der Waals surface area contributed by atoms with Gasteiger partial charge in [0.05, 0.1) is 12.2 Å². The molecule has 2 aromatic carbocycles. The second-order valence-corrected chi connectivity index (χ2v) is 8.55. The molecule has 3 rings (SSSR count). The number of hydrogen-bond donors (Lipinski definition) is 1. The summed E-state index contributed by atoms with van der Waals surface area (Å²) in [6, 6.07) is 14.0. The van der Waals surface area contributed by atoms with Crippen molar-refractivity contribution in [1.29, 1.82) is 0 Å². The molecule has 1 amide bonds. The standard InChI is InChI=1S/C21H21ClN2O3S/c1-3-12-23-21(25)20-19(15-8-6-5-7-9-15)17-14-16(22)10-11-18(17)24(13-4-2)28(20,26)27/h4-11,14H,2-3,12-13H2,1H3,(H,23,25). The van der Waals surface area contributed by atoms with Crippen LogP contribution in [-0.4, -0.2) is 27.4 Å². The quantitative estimate of drug-likeness (QED) is 0.725. The smallest absolute Gasteiger partial charge is 0.270 e. The highest BCUT2D eigenvalue weighted by Gasteiger charge is 2.40. The Morgan fingerprint density at radius 1 is 1.21 bits per heavy atom. The maximum absolute atomic E-state index is 13.5. The van der Waals surface area contributed by atoms with Gasteiger partial charge in [0.15, 0.2) is 4.91 Å². The Kier molecular flexibility index (Phi) is 5.91. The predicted molar refractivity (Wildman–Crippen MR) is 114 cm³/mol.